The normalized spacial score (nSPS) is 18.2. The Morgan fingerprint density at radius 3 is 2.36 bits per heavy atom. The second kappa shape index (κ2) is 6.60. The van der Waals surface area contributed by atoms with Gasteiger partial charge in [0, 0.05) is 30.3 Å². The molecule has 4 heteroatoms. The van der Waals surface area contributed by atoms with E-state index < -0.39 is 0 Å². The van der Waals surface area contributed by atoms with Gasteiger partial charge in [-0.2, -0.15) is 0 Å². The summed E-state index contributed by atoms with van der Waals surface area (Å²) in [6.45, 7) is 4.15. The molecule has 1 fully saturated rings. The van der Waals surface area contributed by atoms with Crippen LogP contribution in [-0.4, -0.2) is 33.9 Å². The smallest absolute Gasteiger partial charge is 0.162 e. The lowest BCUT2D eigenvalue weighted by atomic mass is 9.74. The molecule has 4 nitrogen and oxygen atoms in total. The number of anilines is 1. The van der Waals surface area contributed by atoms with Crippen LogP contribution in [0.5, 0.6) is 11.5 Å². The van der Waals surface area contributed by atoms with Gasteiger partial charge < -0.3 is 19.7 Å². The first-order valence-electron chi connectivity index (χ1n) is 9.02. The van der Waals surface area contributed by atoms with E-state index in [1.54, 1.807) is 14.2 Å². The second-order valence-corrected chi connectivity index (χ2v) is 7.10. The first-order chi connectivity index (χ1) is 12.3. The Morgan fingerprint density at radius 2 is 1.68 bits per heavy atom. The van der Waals surface area contributed by atoms with Gasteiger partial charge in [-0.1, -0.05) is 30.3 Å². The molecular weight excluding hydrogens is 312 g/mol. The average Bonchev–Trinajstić information content (AvgIpc) is 2.94. The van der Waals surface area contributed by atoms with E-state index in [2.05, 4.69) is 52.7 Å². The first-order valence-corrected chi connectivity index (χ1v) is 9.02. The quantitative estimate of drug-likeness (QED) is 0.927. The van der Waals surface area contributed by atoms with E-state index in [-0.39, 0.29) is 5.41 Å². The Bertz CT molecular complexity index is 739. The van der Waals surface area contributed by atoms with Crippen LogP contribution in [0.1, 0.15) is 24.0 Å². The summed E-state index contributed by atoms with van der Waals surface area (Å²) >= 11 is 0. The van der Waals surface area contributed by atoms with Crippen molar-refractivity contribution in [2.45, 2.75) is 24.8 Å². The zero-order chi connectivity index (χ0) is 17.3. The summed E-state index contributed by atoms with van der Waals surface area (Å²) in [5, 5.41) is 3.51. The number of hydrogen-bond acceptors (Lipinski definition) is 4. The summed E-state index contributed by atoms with van der Waals surface area (Å²) < 4.78 is 11.2. The van der Waals surface area contributed by atoms with Gasteiger partial charge in [0.15, 0.2) is 11.5 Å². The topological polar surface area (TPSA) is 33.7 Å². The Labute approximate surface area is 149 Å². The third-order valence-electron chi connectivity index (χ3n) is 5.68. The van der Waals surface area contributed by atoms with Crippen LogP contribution in [0.25, 0.3) is 0 Å². The van der Waals surface area contributed by atoms with E-state index in [9.17, 15) is 0 Å². The number of fused-ring (bicyclic) bond motifs is 2. The molecule has 0 amide bonds. The molecule has 0 aromatic heterocycles. The van der Waals surface area contributed by atoms with Crippen molar-refractivity contribution >= 4 is 5.69 Å². The van der Waals surface area contributed by atoms with Crippen LogP contribution in [-0.2, 0) is 12.0 Å². The number of methoxy groups -OCH3 is 2. The summed E-state index contributed by atoms with van der Waals surface area (Å²) in [4.78, 5) is 2.51. The molecule has 0 bridgehead atoms. The van der Waals surface area contributed by atoms with Crippen LogP contribution in [0.15, 0.2) is 42.5 Å². The van der Waals surface area contributed by atoms with Crippen LogP contribution >= 0.6 is 0 Å². The summed E-state index contributed by atoms with van der Waals surface area (Å²) in [7, 11) is 3.43. The SMILES string of the molecule is COc1cc2c(cc1OC)C1(CCNCC1)CN2Cc1ccccc1. The molecule has 2 aliphatic heterocycles. The lowest BCUT2D eigenvalue weighted by Crippen LogP contribution is -2.43. The highest BCUT2D eigenvalue weighted by Crippen LogP contribution is 2.50. The van der Waals surface area contributed by atoms with E-state index in [0.717, 1.165) is 37.7 Å². The molecule has 2 aliphatic rings. The molecule has 0 aliphatic carbocycles. The fourth-order valence-electron chi connectivity index (χ4n) is 4.37. The number of ether oxygens (including phenoxy) is 2. The molecule has 1 saturated heterocycles. The number of nitrogens with zero attached hydrogens (tertiary/aromatic N) is 1. The third-order valence-corrected chi connectivity index (χ3v) is 5.68. The van der Waals surface area contributed by atoms with Gasteiger partial charge in [0.25, 0.3) is 0 Å². The van der Waals surface area contributed by atoms with Crippen LogP contribution in [0.4, 0.5) is 5.69 Å². The standard InChI is InChI=1S/C21H26N2O2/c1-24-19-12-17-18(13-20(19)25-2)23(14-16-6-4-3-5-7-16)15-21(17)8-10-22-11-9-21/h3-7,12-13,22H,8-11,14-15H2,1-2H3. The Hall–Kier alpha value is -2.20. The highest BCUT2D eigenvalue weighted by Gasteiger charge is 2.44. The summed E-state index contributed by atoms with van der Waals surface area (Å²) in [5.41, 5.74) is 4.27. The van der Waals surface area contributed by atoms with Crippen molar-refractivity contribution in [3.05, 3.63) is 53.6 Å². The molecule has 4 rings (SSSR count). The predicted octanol–water partition coefficient (Wildman–Crippen LogP) is 3.35. The molecule has 1 N–H and O–H groups in total. The zero-order valence-electron chi connectivity index (χ0n) is 15.0. The molecule has 0 atom stereocenters. The molecule has 2 aromatic carbocycles. The van der Waals surface area contributed by atoms with Crippen molar-refractivity contribution < 1.29 is 9.47 Å². The highest BCUT2D eigenvalue weighted by molar-refractivity contribution is 5.69. The molecule has 2 aromatic rings. The van der Waals surface area contributed by atoms with Gasteiger partial charge in [-0.25, -0.2) is 0 Å². The minimum Gasteiger partial charge on any atom is -0.493 e. The van der Waals surface area contributed by atoms with Crippen molar-refractivity contribution in [2.24, 2.45) is 0 Å². The molecule has 2 heterocycles. The second-order valence-electron chi connectivity index (χ2n) is 7.10. The average molecular weight is 338 g/mol. The summed E-state index contributed by atoms with van der Waals surface area (Å²) in [6.07, 6.45) is 2.33. The van der Waals surface area contributed by atoms with Gasteiger partial charge in [-0.05, 0) is 43.1 Å². The maximum Gasteiger partial charge on any atom is 0.162 e. The molecular formula is C21H26N2O2. The van der Waals surface area contributed by atoms with Crippen molar-refractivity contribution in [1.82, 2.24) is 5.32 Å². The molecule has 0 unspecified atom stereocenters. The van der Waals surface area contributed by atoms with E-state index in [1.165, 1.54) is 29.7 Å². The fraction of sp³-hybridized carbons (Fsp3) is 0.429. The van der Waals surface area contributed by atoms with Crippen molar-refractivity contribution in [3.8, 4) is 11.5 Å². The van der Waals surface area contributed by atoms with Crippen molar-refractivity contribution in [3.63, 3.8) is 0 Å². The third kappa shape index (κ3) is 2.85. The molecule has 0 radical (unpaired) electrons. The number of rotatable bonds is 4. The van der Waals surface area contributed by atoms with Gasteiger partial charge in [-0.3, -0.25) is 0 Å². The minimum atomic E-state index is 0.217. The van der Waals surface area contributed by atoms with Gasteiger partial charge in [0.2, 0.25) is 0 Å². The van der Waals surface area contributed by atoms with E-state index >= 15 is 0 Å². The lowest BCUT2D eigenvalue weighted by molar-refractivity contribution is 0.322. The number of nitrogens with one attached hydrogen (secondary N) is 1. The fourth-order valence-corrected chi connectivity index (χ4v) is 4.37. The maximum atomic E-state index is 5.59. The van der Waals surface area contributed by atoms with Crippen LogP contribution in [0, 0.1) is 0 Å². The molecule has 0 saturated carbocycles. The predicted molar refractivity (Wildman–Crippen MR) is 101 cm³/mol. The van der Waals surface area contributed by atoms with Crippen LogP contribution in [0.2, 0.25) is 0 Å². The van der Waals surface area contributed by atoms with E-state index in [0.29, 0.717) is 0 Å². The largest absolute Gasteiger partial charge is 0.493 e. The highest BCUT2D eigenvalue weighted by atomic mass is 16.5. The van der Waals surface area contributed by atoms with Gasteiger partial charge in [0.05, 0.1) is 14.2 Å². The minimum absolute atomic E-state index is 0.217. The Kier molecular flexibility index (Phi) is 4.30. The molecule has 1 spiro atoms. The summed E-state index contributed by atoms with van der Waals surface area (Å²) in [5.74, 6) is 1.64. The first kappa shape index (κ1) is 16.3. The van der Waals surface area contributed by atoms with Gasteiger partial charge in [0.1, 0.15) is 0 Å². The Morgan fingerprint density at radius 1 is 1.00 bits per heavy atom. The van der Waals surface area contributed by atoms with E-state index in [1.807, 2.05) is 0 Å². The summed E-state index contributed by atoms with van der Waals surface area (Å²) in [6, 6.07) is 15.1. The van der Waals surface area contributed by atoms with Gasteiger partial charge >= 0.3 is 0 Å². The van der Waals surface area contributed by atoms with Crippen LogP contribution in [0.3, 0.4) is 0 Å². The zero-order valence-corrected chi connectivity index (χ0v) is 15.0. The number of piperidine rings is 1. The van der Waals surface area contributed by atoms with Crippen molar-refractivity contribution in [1.29, 1.82) is 0 Å². The monoisotopic (exact) mass is 338 g/mol. The maximum absolute atomic E-state index is 5.59. The van der Waals surface area contributed by atoms with Crippen molar-refractivity contribution in [2.75, 3.05) is 38.8 Å². The Balaban J connectivity index is 1.76. The number of benzene rings is 2. The molecule has 25 heavy (non-hydrogen) atoms. The number of hydrogen-bond donors (Lipinski definition) is 1. The lowest BCUT2D eigenvalue weighted by Gasteiger charge is -2.35. The van der Waals surface area contributed by atoms with E-state index in [4.69, 9.17) is 9.47 Å². The van der Waals surface area contributed by atoms with Gasteiger partial charge in [-0.15, -0.1) is 0 Å². The molecule has 132 valence electrons. The van der Waals surface area contributed by atoms with Crippen LogP contribution < -0.4 is 19.7 Å².